The number of aromatic nitrogens is 2. The van der Waals surface area contributed by atoms with Crippen molar-refractivity contribution in [3.63, 3.8) is 0 Å². The second-order valence-corrected chi connectivity index (χ2v) is 6.87. The molecule has 1 amide bonds. The van der Waals surface area contributed by atoms with Crippen molar-refractivity contribution in [3.8, 4) is 0 Å². The molecule has 1 fully saturated rings. The lowest BCUT2D eigenvalue weighted by atomic mass is 10.2. The lowest BCUT2D eigenvalue weighted by molar-refractivity contribution is -0.133. The highest BCUT2D eigenvalue weighted by Crippen LogP contribution is 2.32. The van der Waals surface area contributed by atoms with Crippen molar-refractivity contribution in [2.24, 2.45) is 0 Å². The minimum atomic E-state index is -0.0587. The zero-order chi connectivity index (χ0) is 15.7. The van der Waals surface area contributed by atoms with Gasteiger partial charge in [-0.2, -0.15) is 0 Å². The summed E-state index contributed by atoms with van der Waals surface area (Å²) in [4.78, 5) is 33.4. The minimum Gasteiger partial charge on any atom is -0.340 e. The minimum absolute atomic E-state index is 0.0106. The molecule has 120 valence electrons. The number of carbonyl (C=O) groups is 1. The van der Waals surface area contributed by atoms with Crippen molar-refractivity contribution in [1.29, 1.82) is 0 Å². The van der Waals surface area contributed by atoms with Crippen LogP contribution in [0.1, 0.15) is 24.9 Å². The number of amides is 1. The molecule has 1 aromatic heterocycles. The molecule has 6 nitrogen and oxygen atoms in total. The van der Waals surface area contributed by atoms with Gasteiger partial charge in [0.15, 0.2) is 5.16 Å². The maximum absolute atomic E-state index is 12.5. The smallest absolute Gasteiger partial charge is 0.257 e. The summed E-state index contributed by atoms with van der Waals surface area (Å²) in [5.74, 6) is 0.912. The van der Waals surface area contributed by atoms with Gasteiger partial charge in [-0.15, -0.1) is 0 Å². The number of likely N-dealkylation sites (N-methyl/N-ethyl adjacent to an activating group) is 1. The Morgan fingerprint density at radius 3 is 2.77 bits per heavy atom. The molecule has 1 aromatic rings. The molecular weight excluding hydrogens is 300 g/mol. The van der Waals surface area contributed by atoms with Gasteiger partial charge in [0.25, 0.3) is 5.56 Å². The number of hydrogen-bond acceptors (Lipinski definition) is 5. The first-order chi connectivity index (χ1) is 10.6. The van der Waals surface area contributed by atoms with Crippen LogP contribution in [-0.2, 0) is 4.79 Å². The number of nitrogens with zero attached hydrogens (tertiary/aromatic N) is 4. The van der Waals surface area contributed by atoms with Gasteiger partial charge in [0.05, 0.1) is 6.04 Å². The summed E-state index contributed by atoms with van der Waals surface area (Å²) >= 11 is 1.56. The fraction of sp³-hybridized carbons (Fsp3) is 0.667. The highest BCUT2D eigenvalue weighted by Gasteiger charge is 2.30. The van der Waals surface area contributed by atoms with Crippen LogP contribution in [0.3, 0.4) is 0 Å². The Labute approximate surface area is 134 Å². The van der Waals surface area contributed by atoms with Crippen LogP contribution >= 0.6 is 11.8 Å². The third-order valence-electron chi connectivity index (χ3n) is 4.48. The summed E-state index contributed by atoms with van der Waals surface area (Å²) in [5, 5.41) is 0.740. The highest BCUT2D eigenvalue weighted by atomic mass is 32.2. The molecule has 1 unspecified atom stereocenters. The number of thioether (sulfide) groups is 1. The molecule has 3 rings (SSSR count). The molecule has 2 aliphatic rings. The summed E-state index contributed by atoms with van der Waals surface area (Å²) in [6, 6.07) is -0.0587. The molecular formula is C15H22N4O2S. The Balaban J connectivity index is 1.68. The molecule has 3 heterocycles. The predicted molar refractivity (Wildman–Crippen MR) is 86.3 cm³/mol. The molecule has 2 aliphatic heterocycles. The van der Waals surface area contributed by atoms with Crippen molar-refractivity contribution in [1.82, 2.24) is 19.4 Å². The van der Waals surface area contributed by atoms with E-state index in [2.05, 4.69) is 16.8 Å². The van der Waals surface area contributed by atoms with Crippen LogP contribution < -0.4 is 5.56 Å². The number of fused-ring (bicyclic) bond motifs is 1. The van der Waals surface area contributed by atoms with Crippen molar-refractivity contribution < 1.29 is 4.79 Å². The molecule has 7 heteroatoms. The molecule has 0 aromatic carbocycles. The zero-order valence-electron chi connectivity index (χ0n) is 13.1. The van der Waals surface area contributed by atoms with Crippen LogP contribution in [-0.4, -0.2) is 63.7 Å². The number of hydrogen-bond donors (Lipinski definition) is 0. The van der Waals surface area contributed by atoms with Gasteiger partial charge >= 0.3 is 0 Å². The third kappa shape index (κ3) is 2.92. The normalized spacial score (nSPS) is 21.9. The summed E-state index contributed by atoms with van der Waals surface area (Å²) in [5.41, 5.74) is 0.629. The molecule has 0 saturated carbocycles. The van der Waals surface area contributed by atoms with Gasteiger partial charge < -0.3 is 9.80 Å². The van der Waals surface area contributed by atoms with Gasteiger partial charge in [-0.05, 0) is 13.5 Å². The fourth-order valence-electron chi connectivity index (χ4n) is 3.01. The second kappa shape index (κ2) is 6.42. The zero-order valence-corrected chi connectivity index (χ0v) is 13.9. The monoisotopic (exact) mass is 322 g/mol. The van der Waals surface area contributed by atoms with E-state index >= 15 is 0 Å². The van der Waals surface area contributed by atoms with E-state index in [1.54, 1.807) is 29.4 Å². The topological polar surface area (TPSA) is 58.4 Å². The largest absolute Gasteiger partial charge is 0.340 e. The standard InChI is InChI=1S/C15H22N4O2S/c1-3-17-4-6-18(7-5-17)13(20)8-12-10-22-15-16-9-11(2)14(21)19(12)15/h9,12H,3-8,10H2,1-2H3. The molecule has 22 heavy (non-hydrogen) atoms. The number of aryl methyl sites for hydroxylation is 1. The third-order valence-corrected chi connectivity index (χ3v) is 5.60. The van der Waals surface area contributed by atoms with Crippen molar-refractivity contribution >= 4 is 17.7 Å². The van der Waals surface area contributed by atoms with E-state index in [-0.39, 0.29) is 17.5 Å². The van der Waals surface area contributed by atoms with Gasteiger partial charge in [-0.25, -0.2) is 4.98 Å². The Hall–Kier alpha value is -1.34. The van der Waals surface area contributed by atoms with E-state index in [0.29, 0.717) is 12.0 Å². The highest BCUT2D eigenvalue weighted by molar-refractivity contribution is 7.99. The van der Waals surface area contributed by atoms with Crippen LogP contribution in [0.15, 0.2) is 16.1 Å². The maximum atomic E-state index is 12.5. The molecule has 0 N–H and O–H groups in total. The van der Waals surface area contributed by atoms with Crippen LogP contribution in [0.5, 0.6) is 0 Å². The molecule has 0 bridgehead atoms. The van der Waals surface area contributed by atoms with Crippen molar-refractivity contribution in [2.75, 3.05) is 38.5 Å². The average Bonchev–Trinajstić information content (AvgIpc) is 2.94. The molecule has 0 aliphatic carbocycles. The number of rotatable bonds is 3. The second-order valence-electron chi connectivity index (χ2n) is 5.88. The van der Waals surface area contributed by atoms with Gasteiger partial charge in [0.2, 0.25) is 5.91 Å². The van der Waals surface area contributed by atoms with E-state index in [1.165, 1.54) is 0 Å². The average molecular weight is 322 g/mol. The molecule has 1 atom stereocenters. The lowest BCUT2D eigenvalue weighted by Gasteiger charge is -2.34. The van der Waals surface area contributed by atoms with E-state index in [1.807, 2.05) is 4.90 Å². The quantitative estimate of drug-likeness (QED) is 0.769. The Morgan fingerprint density at radius 2 is 2.09 bits per heavy atom. The summed E-state index contributed by atoms with van der Waals surface area (Å²) in [7, 11) is 0. The van der Waals surface area contributed by atoms with Crippen molar-refractivity contribution in [3.05, 3.63) is 22.1 Å². The molecule has 0 spiro atoms. The predicted octanol–water partition coefficient (Wildman–Crippen LogP) is 0.753. The van der Waals surface area contributed by atoms with Crippen molar-refractivity contribution in [2.45, 2.75) is 31.5 Å². The lowest BCUT2D eigenvalue weighted by Crippen LogP contribution is -2.49. The summed E-state index contributed by atoms with van der Waals surface area (Å²) in [6.45, 7) is 8.42. The number of piperazine rings is 1. The van der Waals surface area contributed by atoms with Gasteiger partial charge in [0, 0.05) is 50.1 Å². The van der Waals surface area contributed by atoms with E-state index < -0.39 is 0 Å². The van der Waals surface area contributed by atoms with E-state index in [0.717, 1.165) is 43.6 Å². The molecule has 1 saturated heterocycles. The first-order valence-electron chi connectivity index (χ1n) is 7.81. The van der Waals surface area contributed by atoms with Gasteiger partial charge in [-0.3, -0.25) is 14.2 Å². The summed E-state index contributed by atoms with van der Waals surface area (Å²) in [6.07, 6.45) is 2.02. The Kier molecular flexibility index (Phi) is 4.54. The van der Waals surface area contributed by atoms with Gasteiger partial charge in [-0.1, -0.05) is 18.7 Å². The van der Waals surface area contributed by atoms with E-state index in [4.69, 9.17) is 0 Å². The first-order valence-corrected chi connectivity index (χ1v) is 8.79. The van der Waals surface area contributed by atoms with Crippen LogP contribution in [0.25, 0.3) is 0 Å². The maximum Gasteiger partial charge on any atom is 0.257 e. The van der Waals surface area contributed by atoms with Crippen LogP contribution in [0.4, 0.5) is 0 Å². The summed E-state index contributed by atoms with van der Waals surface area (Å²) < 4.78 is 1.71. The number of carbonyl (C=O) groups excluding carboxylic acids is 1. The first kappa shape index (κ1) is 15.6. The fourth-order valence-corrected chi connectivity index (χ4v) is 4.12. The van der Waals surface area contributed by atoms with Gasteiger partial charge in [0.1, 0.15) is 0 Å². The SMILES string of the molecule is CCN1CCN(C(=O)CC2CSc3ncc(C)c(=O)n32)CC1. The van der Waals surface area contributed by atoms with Crippen LogP contribution in [0, 0.1) is 6.92 Å². The Bertz CT molecular complexity index is 622. The van der Waals surface area contributed by atoms with E-state index in [9.17, 15) is 9.59 Å². The Morgan fingerprint density at radius 1 is 1.36 bits per heavy atom. The molecule has 0 radical (unpaired) electrons. The van der Waals surface area contributed by atoms with Crippen LogP contribution in [0.2, 0.25) is 0 Å².